The summed E-state index contributed by atoms with van der Waals surface area (Å²) in [7, 11) is 0. The third-order valence-electron chi connectivity index (χ3n) is 5.40. The van der Waals surface area contributed by atoms with E-state index < -0.39 is 0 Å². The maximum Gasteiger partial charge on any atom is 0.201 e. The molecule has 5 nitrogen and oxygen atoms in total. The van der Waals surface area contributed by atoms with Crippen LogP contribution in [0.3, 0.4) is 0 Å². The van der Waals surface area contributed by atoms with Gasteiger partial charge in [-0.05, 0) is 64.2 Å². The molecule has 2 aliphatic rings. The number of aromatic nitrogens is 1. The van der Waals surface area contributed by atoms with Gasteiger partial charge < -0.3 is 19.7 Å². The topological polar surface area (TPSA) is 58.8 Å². The molecule has 0 unspecified atom stereocenters. The number of hydrogen-bond acceptors (Lipinski definition) is 4. The average Bonchev–Trinajstić information content (AvgIpc) is 2.94. The molecule has 1 aromatic carbocycles. The lowest BCUT2D eigenvalue weighted by atomic mass is 10.0. The van der Waals surface area contributed by atoms with Crippen molar-refractivity contribution in [2.45, 2.75) is 58.0 Å². The number of aliphatic imine (C=N–C) groups is 1. The highest BCUT2D eigenvalue weighted by Crippen LogP contribution is 2.40. The third-order valence-corrected chi connectivity index (χ3v) is 5.40. The lowest BCUT2D eigenvalue weighted by Gasteiger charge is -2.25. The van der Waals surface area contributed by atoms with Crippen LogP contribution in [0.4, 0.5) is 5.69 Å². The largest absolute Gasteiger partial charge is 0.494 e. The van der Waals surface area contributed by atoms with Crippen molar-refractivity contribution < 1.29 is 9.84 Å². The SMILES string of the molecule is CC(C)Nc1ccc2c(c1)c(C1=NCCCC1)c(O)n2C1CCOCC1. The summed E-state index contributed by atoms with van der Waals surface area (Å²) < 4.78 is 7.66. The van der Waals surface area contributed by atoms with Crippen molar-refractivity contribution in [3.63, 3.8) is 0 Å². The summed E-state index contributed by atoms with van der Waals surface area (Å²) in [5, 5.41) is 15.8. The normalized spacial score (nSPS) is 19.1. The fourth-order valence-corrected chi connectivity index (χ4v) is 4.22. The van der Waals surface area contributed by atoms with Crippen LogP contribution in [0.5, 0.6) is 5.88 Å². The zero-order valence-electron chi connectivity index (χ0n) is 15.8. The summed E-state index contributed by atoms with van der Waals surface area (Å²) in [4.78, 5) is 4.76. The number of aromatic hydroxyl groups is 1. The Morgan fingerprint density at radius 3 is 2.73 bits per heavy atom. The van der Waals surface area contributed by atoms with Crippen molar-refractivity contribution >= 4 is 22.3 Å². The van der Waals surface area contributed by atoms with E-state index in [2.05, 4.69) is 41.9 Å². The maximum atomic E-state index is 11.2. The van der Waals surface area contributed by atoms with Crippen LogP contribution in [0.2, 0.25) is 0 Å². The van der Waals surface area contributed by atoms with E-state index in [-0.39, 0.29) is 6.04 Å². The van der Waals surface area contributed by atoms with Gasteiger partial charge in [0.2, 0.25) is 5.88 Å². The van der Waals surface area contributed by atoms with Crippen LogP contribution in [-0.2, 0) is 4.74 Å². The van der Waals surface area contributed by atoms with E-state index in [0.29, 0.717) is 11.9 Å². The zero-order chi connectivity index (χ0) is 18.1. The molecule has 2 aliphatic heterocycles. The molecule has 3 heterocycles. The molecule has 5 heteroatoms. The summed E-state index contributed by atoms with van der Waals surface area (Å²) in [5.41, 5.74) is 4.20. The minimum absolute atomic E-state index is 0.285. The predicted octanol–water partition coefficient (Wildman–Crippen LogP) is 4.49. The van der Waals surface area contributed by atoms with E-state index in [4.69, 9.17) is 9.73 Å². The van der Waals surface area contributed by atoms with Crippen LogP contribution < -0.4 is 5.32 Å². The van der Waals surface area contributed by atoms with Crippen LogP contribution in [0, 0.1) is 0 Å². The molecule has 0 atom stereocenters. The molecular weight excluding hydrogens is 326 g/mol. The van der Waals surface area contributed by atoms with Crippen molar-refractivity contribution in [1.82, 2.24) is 4.57 Å². The van der Waals surface area contributed by atoms with E-state index in [1.807, 2.05) is 0 Å². The Kier molecular flexibility index (Phi) is 4.90. The number of nitrogens with one attached hydrogen (secondary N) is 1. The molecular formula is C21H29N3O2. The fourth-order valence-electron chi connectivity index (χ4n) is 4.22. The van der Waals surface area contributed by atoms with Gasteiger partial charge in [0, 0.05) is 48.6 Å². The van der Waals surface area contributed by atoms with Gasteiger partial charge in [-0.1, -0.05) is 0 Å². The summed E-state index contributed by atoms with van der Waals surface area (Å²) in [5.74, 6) is 0.384. The van der Waals surface area contributed by atoms with E-state index >= 15 is 0 Å². The Bertz CT molecular complexity index is 816. The van der Waals surface area contributed by atoms with Crippen LogP contribution in [0.1, 0.15) is 57.6 Å². The second kappa shape index (κ2) is 7.31. The zero-order valence-corrected chi connectivity index (χ0v) is 15.8. The Morgan fingerprint density at radius 2 is 2.04 bits per heavy atom. The van der Waals surface area contributed by atoms with Crippen molar-refractivity contribution in [3.8, 4) is 5.88 Å². The molecule has 2 aromatic rings. The van der Waals surface area contributed by atoms with Crippen LogP contribution in [0.25, 0.3) is 10.9 Å². The van der Waals surface area contributed by atoms with Gasteiger partial charge in [-0.25, -0.2) is 0 Å². The highest BCUT2D eigenvalue weighted by Gasteiger charge is 2.27. The average molecular weight is 355 g/mol. The highest BCUT2D eigenvalue weighted by molar-refractivity contribution is 6.14. The first kappa shape index (κ1) is 17.4. The van der Waals surface area contributed by atoms with Gasteiger partial charge in [0.1, 0.15) is 0 Å². The minimum atomic E-state index is 0.285. The predicted molar refractivity (Wildman–Crippen MR) is 107 cm³/mol. The van der Waals surface area contributed by atoms with E-state index in [0.717, 1.165) is 79.7 Å². The van der Waals surface area contributed by atoms with Gasteiger partial charge in [0.15, 0.2) is 0 Å². The molecule has 1 aromatic heterocycles. The molecule has 0 amide bonds. The second-order valence-corrected chi connectivity index (χ2v) is 7.73. The standard InChI is InChI=1S/C21H29N3O2/c1-14(2)23-15-6-7-19-17(13-15)20(18-5-3-4-10-22-18)21(25)24(19)16-8-11-26-12-9-16/h6-7,13-14,16,23,25H,3-5,8-12H2,1-2H3. The van der Waals surface area contributed by atoms with Crippen LogP contribution >= 0.6 is 0 Å². The van der Waals surface area contributed by atoms with Crippen molar-refractivity contribution in [2.24, 2.45) is 4.99 Å². The molecule has 2 N–H and O–H groups in total. The van der Waals surface area contributed by atoms with Crippen molar-refractivity contribution in [1.29, 1.82) is 0 Å². The molecule has 1 saturated heterocycles. The minimum Gasteiger partial charge on any atom is -0.494 e. The van der Waals surface area contributed by atoms with Gasteiger partial charge in [0.25, 0.3) is 0 Å². The molecule has 0 bridgehead atoms. The molecule has 0 spiro atoms. The van der Waals surface area contributed by atoms with E-state index in [1.54, 1.807) is 0 Å². The summed E-state index contributed by atoms with van der Waals surface area (Å²) in [6.07, 6.45) is 5.11. The molecule has 26 heavy (non-hydrogen) atoms. The number of benzene rings is 1. The van der Waals surface area contributed by atoms with Crippen molar-refractivity contribution in [3.05, 3.63) is 23.8 Å². The number of hydrogen-bond donors (Lipinski definition) is 2. The number of anilines is 1. The maximum absolute atomic E-state index is 11.2. The smallest absolute Gasteiger partial charge is 0.201 e. The number of fused-ring (bicyclic) bond motifs is 1. The third kappa shape index (κ3) is 3.20. The molecule has 0 saturated carbocycles. The molecule has 1 fully saturated rings. The lowest BCUT2D eigenvalue weighted by molar-refractivity contribution is 0.0688. The summed E-state index contributed by atoms with van der Waals surface area (Å²) >= 11 is 0. The van der Waals surface area contributed by atoms with Gasteiger partial charge in [-0.2, -0.15) is 0 Å². The Labute approximate surface area is 155 Å². The first-order valence-corrected chi connectivity index (χ1v) is 9.90. The van der Waals surface area contributed by atoms with Crippen LogP contribution in [-0.4, -0.2) is 41.2 Å². The lowest BCUT2D eigenvalue weighted by Crippen LogP contribution is -2.19. The second-order valence-electron chi connectivity index (χ2n) is 7.73. The first-order chi connectivity index (χ1) is 12.6. The highest BCUT2D eigenvalue weighted by atomic mass is 16.5. The Balaban J connectivity index is 1.88. The Hall–Kier alpha value is -2.01. The molecule has 0 radical (unpaired) electrons. The van der Waals surface area contributed by atoms with Gasteiger partial charge >= 0.3 is 0 Å². The van der Waals surface area contributed by atoms with Gasteiger partial charge in [-0.3, -0.25) is 4.99 Å². The first-order valence-electron chi connectivity index (χ1n) is 9.90. The van der Waals surface area contributed by atoms with Gasteiger partial charge in [-0.15, -0.1) is 0 Å². The van der Waals surface area contributed by atoms with Crippen LogP contribution in [0.15, 0.2) is 23.2 Å². The van der Waals surface area contributed by atoms with E-state index in [9.17, 15) is 5.11 Å². The number of rotatable bonds is 4. The summed E-state index contributed by atoms with van der Waals surface area (Å²) in [6, 6.07) is 7.09. The number of nitrogens with zero attached hydrogens (tertiary/aromatic N) is 2. The monoisotopic (exact) mass is 355 g/mol. The van der Waals surface area contributed by atoms with Crippen molar-refractivity contribution in [2.75, 3.05) is 25.1 Å². The molecule has 0 aliphatic carbocycles. The van der Waals surface area contributed by atoms with Gasteiger partial charge in [0.05, 0.1) is 11.1 Å². The number of ether oxygens (including phenoxy) is 1. The Morgan fingerprint density at radius 1 is 1.23 bits per heavy atom. The molecule has 140 valence electrons. The summed E-state index contributed by atoms with van der Waals surface area (Å²) in [6.45, 7) is 6.66. The quantitative estimate of drug-likeness (QED) is 0.849. The molecule has 4 rings (SSSR count). The fraction of sp³-hybridized carbons (Fsp3) is 0.571. The van der Waals surface area contributed by atoms with E-state index in [1.165, 1.54) is 0 Å².